The van der Waals surface area contributed by atoms with Crippen LogP contribution in [0.5, 0.6) is 11.5 Å². The van der Waals surface area contributed by atoms with Crippen LogP contribution in [0.15, 0.2) is 22.9 Å². The maximum Gasteiger partial charge on any atom is 0.230 e. The largest absolute Gasteiger partial charge is 0.496 e. The Bertz CT molecular complexity index is 566. The average Bonchev–Trinajstić information content (AvgIpc) is 2.84. The average molecular weight is 264 g/mol. The van der Waals surface area contributed by atoms with E-state index in [2.05, 4.69) is 5.16 Å². The van der Waals surface area contributed by atoms with Gasteiger partial charge in [0.25, 0.3) is 0 Å². The van der Waals surface area contributed by atoms with Crippen molar-refractivity contribution < 1.29 is 18.7 Å². The molecule has 2 aromatic rings. The van der Waals surface area contributed by atoms with Gasteiger partial charge in [0.05, 0.1) is 38.2 Å². The number of nitrogen functional groups attached to an aromatic ring is 1. The van der Waals surface area contributed by atoms with E-state index in [0.717, 1.165) is 5.56 Å². The molecule has 0 aliphatic heterocycles. The zero-order valence-corrected chi connectivity index (χ0v) is 11.1. The van der Waals surface area contributed by atoms with Crippen molar-refractivity contribution in [2.45, 2.75) is 6.61 Å². The second-order valence-corrected chi connectivity index (χ2v) is 3.87. The molecule has 0 unspecified atom stereocenters. The van der Waals surface area contributed by atoms with Gasteiger partial charge in [-0.1, -0.05) is 5.16 Å². The van der Waals surface area contributed by atoms with E-state index in [9.17, 15) is 0 Å². The first kappa shape index (κ1) is 13.2. The van der Waals surface area contributed by atoms with Gasteiger partial charge in [-0.2, -0.15) is 0 Å². The molecular weight excluding hydrogens is 248 g/mol. The number of hydrogen-bond donors (Lipinski definition) is 1. The lowest BCUT2D eigenvalue weighted by Gasteiger charge is -2.15. The first-order valence-electron chi connectivity index (χ1n) is 5.66. The molecule has 0 saturated heterocycles. The van der Waals surface area contributed by atoms with Gasteiger partial charge in [0.15, 0.2) is 0 Å². The van der Waals surface area contributed by atoms with E-state index in [0.29, 0.717) is 29.2 Å². The van der Waals surface area contributed by atoms with Gasteiger partial charge in [0, 0.05) is 12.7 Å². The van der Waals surface area contributed by atoms with Crippen LogP contribution in [0.3, 0.4) is 0 Å². The molecule has 1 aromatic heterocycles. The summed E-state index contributed by atoms with van der Waals surface area (Å²) in [6.45, 7) is 0.422. The number of nitrogens with zero attached hydrogens (tertiary/aromatic N) is 1. The summed E-state index contributed by atoms with van der Waals surface area (Å²) in [7, 11) is 4.79. The second-order valence-electron chi connectivity index (χ2n) is 3.87. The third-order valence-electron chi connectivity index (χ3n) is 2.79. The predicted molar refractivity (Wildman–Crippen MR) is 70.2 cm³/mol. The minimum atomic E-state index is 0.214. The predicted octanol–water partition coefficient (Wildman–Crippen LogP) is 2.09. The SMILES string of the molecule is COCc1ccc(OC)c(-c2cnoc2N)c1OC. The molecule has 0 amide bonds. The van der Waals surface area contributed by atoms with Gasteiger partial charge in [0.1, 0.15) is 11.5 Å². The van der Waals surface area contributed by atoms with Crippen molar-refractivity contribution in [1.29, 1.82) is 0 Å². The summed E-state index contributed by atoms with van der Waals surface area (Å²) in [5.74, 6) is 1.48. The first-order valence-corrected chi connectivity index (χ1v) is 5.66. The number of ether oxygens (including phenoxy) is 3. The molecule has 1 aromatic carbocycles. The number of hydrogen-bond acceptors (Lipinski definition) is 6. The Balaban J connectivity index is 2.67. The van der Waals surface area contributed by atoms with Gasteiger partial charge in [0.2, 0.25) is 5.88 Å². The zero-order valence-electron chi connectivity index (χ0n) is 11.1. The number of anilines is 1. The summed E-state index contributed by atoms with van der Waals surface area (Å²) in [6, 6.07) is 3.72. The number of rotatable bonds is 5. The zero-order chi connectivity index (χ0) is 13.8. The number of benzene rings is 1. The van der Waals surface area contributed by atoms with Gasteiger partial charge in [-0.05, 0) is 12.1 Å². The standard InChI is InChI=1S/C13H16N2O4/c1-16-7-8-4-5-10(17-2)11(12(8)18-3)9-6-15-19-13(9)14/h4-6H,7,14H2,1-3H3. The lowest BCUT2D eigenvalue weighted by molar-refractivity contribution is 0.181. The molecule has 0 saturated carbocycles. The van der Waals surface area contributed by atoms with Crippen LogP contribution in [0, 0.1) is 0 Å². The van der Waals surface area contributed by atoms with Crippen LogP contribution in [0.2, 0.25) is 0 Å². The maximum absolute atomic E-state index is 5.77. The summed E-state index contributed by atoms with van der Waals surface area (Å²) in [5, 5.41) is 3.68. The Morgan fingerprint density at radius 2 is 2.00 bits per heavy atom. The Labute approximate surface area is 111 Å². The molecule has 6 nitrogen and oxygen atoms in total. The van der Waals surface area contributed by atoms with E-state index in [1.54, 1.807) is 21.3 Å². The molecular formula is C13H16N2O4. The molecule has 102 valence electrons. The summed E-state index contributed by atoms with van der Waals surface area (Å²) in [4.78, 5) is 0. The normalized spacial score (nSPS) is 10.5. The van der Waals surface area contributed by atoms with E-state index in [-0.39, 0.29) is 5.88 Å². The monoisotopic (exact) mass is 264 g/mol. The van der Waals surface area contributed by atoms with Gasteiger partial charge in [-0.3, -0.25) is 0 Å². The number of methoxy groups -OCH3 is 3. The van der Waals surface area contributed by atoms with Gasteiger partial charge < -0.3 is 24.5 Å². The van der Waals surface area contributed by atoms with Crippen molar-refractivity contribution in [2.24, 2.45) is 0 Å². The van der Waals surface area contributed by atoms with Crippen molar-refractivity contribution in [1.82, 2.24) is 5.16 Å². The Morgan fingerprint density at radius 1 is 1.21 bits per heavy atom. The molecule has 6 heteroatoms. The molecule has 1 heterocycles. The fraction of sp³-hybridized carbons (Fsp3) is 0.308. The third kappa shape index (κ3) is 2.34. The Hall–Kier alpha value is -2.21. The molecule has 0 bridgehead atoms. The number of aromatic nitrogens is 1. The summed E-state index contributed by atoms with van der Waals surface area (Å²) >= 11 is 0. The summed E-state index contributed by atoms with van der Waals surface area (Å²) < 4.78 is 20.9. The van der Waals surface area contributed by atoms with Crippen molar-refractivity contribution in [3.8, 4) is 22.6 Å². The van der Waals surface area contributed by atoms with Gasteiger partial charge in [-0.25, -0.2) is 0 Å². The van der Waals surface area contributed by atoms with Crippen LogP contribution >= 0.6 is 0 Å². The molecule has 2 N–H and O–H groups in total. The second kappa shape index (κ2) is 5.62. The minimum Gasteiger partial charge on any atom is -0.496 e. The fourth-order valence-electron chi connectivity index (χ4n) is 1.97. The smallest absolute Gasteiger partial charge is 0.230 e. The van der Waals surface area contributed by atoms with Crippen molar-refractivity contribution in [3.05, 3.63) is 23.9 Å². The van der Waals surface area contributed by atoms with Crippen molar-refractivity contribution in [2.75, 3.05) is 27.1 Å². The topological polar surface area (TPSA) is 79.7 Å². The molecule has 0 fully saturated rings. The van der Waals surface area contributed by atoms with E-state index in [1.165, 1.54) is 6.20 Å². The van der Waals surface area contributed by atoms with Gasteiger partial charge in [-0.15, -0.1) is 0 Å². The van der Waals surface area contributed by atoms with E-state index in [1.807, 2.05) is 12.1 Å². The van der Waals surface area contributed by atoms with Crippen LogP contribution in [0.4, 0.5) is 5.88 Å². The Morgan fingerprint density at radius 3 is 2.53 bits per heavy atom. The van der Waals surface area contributed by atoms with Crippen molar-refractivity contribution >= 4 is 5.88 Å². The van der Waals surface area contributed by atoms with E-state index in [4.69, 9.17) is 24.5 Å². The lowest BCUT2D eigenvalue weighted by Crippen LogP contribution is -1.99. The first-order chi connectivity index (χ1) is 9.22. The molecule has 0 atom stereocenters. The summed E-state index contributed by atoms with van der Waals surface area (Å²) in [5.41, 5.74) is 8.00. The maximum atomic E-state index is 5.77. The van der Waals surface area contributed by atoms with Crippen LogP contribution in [-0.4, -0.2) is 26.5 Å². The highest BCUT2D eigenvalue weighted by Gasteiger charge is 2.20. The van der Waals surface area contributed by atoms with Crippen LogP contribution < -0.4 is 15.2 Å². The molecule has 0 radical (unpaired) electrons. The summed E-state index contributed by atoms with van der Waals surface area (Å²) in [6.07, 6.45) is 1.53. The van der Waals surface area contributed by atoms with Crippen LogP contribution in [0.1, 0.15) is 5.56 Å². The quantitative estimate of drug-likeness (QED) is 0.890. The van der Waals surface area contributed by atoms with Gasteiger partial charge >= 0.3 is 0 Å². The highest BCUT2D eigenvalue weighted by atomic mass is 16.5. The molecule has 19 heavy (non-hydrogen) atoms. The molecule has 0 aliphatic rings. The molecule has 0 aliphatic carbocycles. The van der Waals surface area contributed by atoms with Crippen LogP contribution in [0.25, 0.3) is 11.1 Å². The Kier molecular flexibility index (Phi) is 3.91. The highest BCUT2D eigenvalue weighted by Crippen LogP contribution is 2.43. The lowest BCUT2D eigenvalue weighted by atomic mass is 10.0. The molecule has 2 rings (SSSR count). The van der Waals surface area contributed by atoms with Crippen molar-refractivity contribution in [3.63, 3.8) is 0 Å². The number of nitrogens with two attached hydrogens (primary N) is 1. The van der Waals surface area contributed by atoms with E-state index < -0.39 is 0 Å². The fourth-order valence-corrected chi connectivity index (χ4v) is 1.97. The molecule has 0 spiro atoms. The van der Waals surface area contributed by atoms with Crippen LogP contribution in [-0.2, 0) is 11.3 Å². The van der Waals surface area contributed by atoms with E-state index >= 15 is 0 Å². The minimum absolute atomic E-state index is 0.214. The third-order valence-corrected chi connectivity index (χ3v) is 2.79. The highest BCUT2D eigenvalue weighted by molar-refractivity contribution is 5.83.